The molecule has 6 nitrogen and oxygen atoms in total. The van der Waals surface area contributed by atoms with Gasteiger partial charge < -0.3 is 15.0 Å². The highest BCUT2D eigenvalue weighted by Crippen LogP contribution is 2.24. The van der Waals surface area contributed by atoms with Crippen LogP contribution in [0.25, 0.3) is 16.7 Å². The van der Waals surface area contributed by atoms with Crippen LogP contribution < -0.4 is 5.32 Å². The lowest BCUT2D eigenvalue weighted by Gasteiger charge is -2.32. The number of nitrogens with zero attached hydrogens (tertiary/aromatic N) is 4. The average Bonchev–Trinajstić information content (AvgIpc) is 3.18. The SMILES string of the molecule is Cc1cc2c(ccc3nnc(C)n32)n1Cc1cccc(CNC2CC(O)C2)c1. The van der Waals surface area contributed by atoms with E-state index in [1.807, 2.05) is 13.0 Å². The van der Waals surface area contributed by atoms with Crippen LogP contribution in [0.1, 0.15) is 35.5 Å². The smallest absolute Gasteiger partial charge is 0.161 e. The number of aliphatic hydroxyl groups excluding tert-OH is 1. The largest absolute Gasteiger partial charge is 0.393 e. The van der Waals surface area contributed by atoms with E-state index >= 15 is 0 Å². The summed E-state index contributed by atoms with van der Waals surface area (Å²) >= 11 is 0. The van der Waals surface area contributed by atoms with Gasteiger partial charge in [0.15, 0.2) is 5.65 Å². The van der Waals surface area contributed by atoms with E-state index in [4.69, 9.17) is 0 Å². The number of benzene rings is 1. The fourth-order valence-corrected chi connectivity index (χ4v) is 4.22. The number of pyridine rings is 1. The third kappa shape index (κ3) is 2.99. The third-order valence-corrected chi connectivity index (χ3v) is 5.85. The van der Waals surface area contributed by atoms with Gasteiger partial charge in [-0.05, 0) is 56.0 Å². The first kappa shape index (κ1) is 17.4. The molecular weight excluding hydrogens is 350 g/mol. The van der Waals surface area contributed by atoms with E-state index in [2.05, 4.69) is 67.8 Å². The number of hydrogen-bond donors (Lipinski definition) is 2. The Labute approximate surface area is 163 Å². The Morgan fingerprint density at radius 2 is 1.86 bits per heavy atom. The summed E-state index contributed by atoms with van der Waals surface area (Å²) in [4.78, 5) is 0. The van der Waals surface area contributed by atoms with Crippen LogP contribution in [-0.4, -0.2) is 36.4 Å². The fourth-order valence-electron chi connectivity index (χ4n) is 4.22. The molecule has 1 aromatic carbocycles. The maximum atomic E-state index is 9.43. The molecule has 0 atom stereocenters. The second kappa shape index (κ2) is 6.72. The minimum absolute atomic E-state index is 0.116. The Bertz CT molecular complexity index is 1150. The molecule has 4 aromatic rings. The van der Waals surface area contributed by atoms with Gasteiger partial charge in [-0.25, -0.2) is 0 Å². The molecule has 0 aliphatic heterocycles. The Kier molecular flexibility index (Phi) is 4.18. The van der Waals surface area contributed by atoms with Crippen molar-refractivity contribution in [1.82, 2.24) is 24.5 Å². The molecule has 3 aromatic heterocycles. The van der Waals surface area contributed by atoms with Gasteiger partial charge in [-0.15, -0.1) is 10.2 Å². The van der Waals surface area contributed by atoms with Gasteiger partial charge in [0.25, 0.3) is 0 Å². The summed E-state index contributed by atoms with van der Waals surface area (Å²) in [7, 11) is 0. The summed E-state index contributed by atoms with van der Waals surface area (Å²) in [5.74, 6) is 0.909. The second-order valence-electron chi connectivity index (χ2n) is 7.94. The highest BCUT2D eigenvalue weighted by atomic mass is 16.3. The minimum Gasteiger partial charge on any atom is -0.393 e. The Balaban J connectivity index is 1.42. The molecule has 5 rings (SSSR count). The van der Waals surface area contributed by atoms with Gasteiger partial charge in [0, 0.05) is 24.8 Å². The summed E-state index contributed by atoms with van der Waals surface area (Å²) in [6.07, 6.45) is 1.62. The zero-order valence-electron chi connectivity index (χ0n) is 16.3. The van der Waals surface area contributed by atoms with Crippen LogP contribution in [0.2, 0.25) is 0 Å². The van der Waals surface area contributed by atoms with Crippen molar-refractivity contribution in [1.29, 1.82) is 0 Å². The maximum Gasteiger partial charge on any atom is 0.161 e. The number of rotatable bonds is 5. The van der Waals surface area contributed by atoms with Crippen molar-refractivity contribution in [3.05, 3.63) is 65.1 Å². The van der Waals surface area contributed by atoms with Crippen LogP contribution >= 0.6 is 0 Å². The molecule has 144 valence electrons. The number of fused-ring (bicyclic) bond motifs is 3. The van der Waals surface area contributed by atoms with Crippen molar-refractivity contribution in [2.75, 3.05) is 0 Å². The summed E-state index contributed by atoms with van der Waals surface area (Å²) in [6.45, 7) is 5.82. The number of nitrogens with one attached hydrogen (secondary N) is 1. The van der Waals surface area contributed by atoms with Crippen molar-refractivity contribution in [2.45, 2.75) is 51.9 Å². The zero-order chi connectivity index (χ0) is 19.3. The molecule has 0 unspecified atom stereocenters. The first-order valence-corrected chi connectivity index (χ1v) is 9.88. The van der Waals surface area contributed by atoms with Gasteiger partial charge in [-0.2, -0.15) is 0 Å². The third-order valence-electron chi connectivity index (χ3n) is 5.85. The first-order chi connectivity index (χ1) is 13.6. The molecule has 6 heteroatoms. The molecule has 0 bridgehead atoms. The fraction of sp³-hybridized carbons (Fsp3) is 0.364. The molecule has 1 fully saturated rings. The second-order valence-corrected chi connectivity index (χ2v) is 7.94. The van der Waals surface area contributed by atoms with Gasteiger partial charge in [0.1, 0.15) is 5.82 Å². The normalized spacial score (nSPS) is 19.4. The molecule has 1 aliphatic carbocycles. The number of aromatic nitrogens is 4. The van der Waals surface area contributed by atoms with Gasteiger partial charge in [0.2, 0.25) is 0 Å². The number of aryl methyl sites for hydroxylation is 2. The van der Waals surface area contributed by atoms with Crippen LogP contribution in [-0.2, 0) is 13.1 Å². The van der Waals surface area contributed by atoms with Crippen molar-refractivity contribution in [2.24, 2.45) is 0 Å². The Morgan fingerprint density at radius 1 is 1.04 bits per heavy atom. The average molecular weight is 375 g/mol. The van der Waals surface area contributed by atoms with E-state index in [-0.39, 0.29) is 6.10 Å². The molecule has 0 spiro atoms. The number of hydrogen-bond acceptors (Lipinski definition) is 4. The van der Waals surface area contributed by atoms with Crippen LogP contribution in [0.3, 0.4) is 0 Å². The molecule has 2 N–H and O–H groups in total. The predicted octanol–water partition coefficient (Wildman–Crippen LogP) is 2.96. The van der Waals surface area contributed by atoms with Crippen LogP contribution in [0, 0.1) is 13.8 Å². The van der Waals surface area contributed by atoms with Crippen molar-refractivity contribution in [3.8, 4) is 0 Å². The lowest BCUT2D eigenvalue weighted by molar-refractivity contribution is 0.0619. The summed E-state index contributed by atoms with van der Waals surface area (Å²) in [6, 6.07) is 15.6. The molecule has 1 saturated carbocycles. The van der Waals surface area contributed by atoms with Crippen molar-refractivity contribution >= 4 is 16.7 Å². The van der Waals surface area contributed by atoms with Crippen molar-refractivity contribution in [3.63, 3.8) is 0 Å². The lowest BCUT2D eigenvalue weighted by atomic mass is 9.89. The standard InChI is InChI=1S/C22H25N5O/c1-14-8-21-20(6-7-22-25-24-15(2)27(21)22)26(14)13-17-5-3-4-16(9-17)12-23-18-10-19(28)11-18/h3-9,18-19,23,28H,10-13H2,1-2H3. The van der Waals surface area contributed by atoms with Gasteiger partial charge in [-0.3, -0.25) is 4.40 Å². The zero-order valence-corrected chi connectivity index (χ0v) is 16.3. The van der Waals surface area contributed by atoms with E-state index in [9.17, 15) is 5.11 Å². The Hall–Kier alpha value is -2.70. The molecule has 3 heterocycles. The van der Waals surface area contributed by atoms with E-state index in [1.165, 1.54) is 22.3 Å². The molecule has 1 aliphatic rings. The van der Waals surface area contributed by atoms with E-state index < -0.39 is 0 Å². The predicted molar refractivity (Wildman–Crippen MR) is 109 cm³/mol. The van der Waals surface area contributed by atoms with Crippen LogP contribution in [0.15, 0.2) is 42.5 Å². The molecule has 0 radical (unpaired) electrons. The van der Waals surface area contributed by atoms with Crippen LogP contribution in [0.5, 0.6) is 0 Å². The van der Waals surface area contributed by atoms with Gasteiger partial charge in [0.05, 0.1) is 17.1 Å². The lowest BCUT2D eigenvalue weighted by Crippen LogP contribution is -2.43. The molecule has 0 amide bonds. The molecule has 28 heavy (non-hydrogen) atoms. The Morgan fingerprint density at radius 3 is 2.68 bits per heavy atom. The van der Waals surface area contributed by atoms with Gasteiger partial charge >= 0.3 is 0 Å². The topological polar surface area (TPSA) is 67.4 Å². The quantitative estimate of drug-likeness (QED) is 0.563. The maximum absolute atomic E-state index is 9.43. The van der Waals surface area contributed by atoms with Crippen LogP contribution in [0.4, 0.5) is 0 Å². The highest BCUT2D eigenvalue weighted by molar-refractivity contribution is 5.81. The van der Waals surface area contributed by atoms with E-state index in [0.717, 1.165) is 42.9 Å². The summed E-state index contributed by atoms with van der Waals surface area (Å²) in [5, 5.41) is 21.4. The monoisotopic (exact) mass is 375 g/mol. The minimum atomic E-state index is -0.116. The summed E-state index contributed by atoms with van der Waals surface area (Å²) < 4.78 is 4.47. The van der Waals surface area contributed by atoms with Crippen molar-refractivity contribution < 1.29 is 5.11 Å². The highest BCUT2D eigenvalue weighted by Gasteiger charge is 2.26. The van der Waals surface area contributed by atoms with Gasteiger partial charge in [-0.1, -0.05) is 24.3 Å². The summed E-state index contributed by atoms with van der Waals surface area (Å²) in [5.41, 5.74) is 7.02. The number of aliphatic hydroxyl groups is 1. The van der Waals surface area contributed by atoms with E-state index in [0.29, 0.717) is 6.04 Å². The molecular formula is C22H25N5O. The van der Waals surface area contributed by atoms with E-state index in [1.54, 1.807) is 0 Å². The first-order valence-electron chi connectivity index (χ1n) is 9.88. The molecule has 0 saturated heterocycles.